The van der Waals surface area contributed by atoms with E-state index in [1.807, 2.05) is 60.7 Å². The third kappa shape index (κ3) is 4.11. The predicted octanol–water partition coefficient (Wildman–Crippen LogP) is 5.75. The summed E-state index contributed by atoms with van der Waals surface area (Å²) in [4.78, 5) is 7.62. The average Bonchev–Trinajstić information content (AvgIpc) is 3.26. The first-order valence-corrected chi connectivity index (χ1v) is 10.3. The number of anilines is 1. The Morgan fingerprint density at radius 2 is 1.78 bits per heavy atom. The summed E-state index contributed by atoms with van der Waals surface area (Å²) < 4.78 is 11.6. The van der Waals surface area contributed by atoms with Gasteiger partial charge in [0.1, 0.15) is 6.61 Å². The standard InChI is InChI=1S/C26H22N4O2/c1-31-25-15-18(16-27-30-26-28-22-11-4-5-12-23(22)29-26)13-14-24(25)32-17-20-9-6-8-19-7-2-3-10-21(19)20/h2-16H,17H2,1H3,(H2,28,29,30)/b27-16-. The van der Waals surface area contributed by atoms with Crippen molar-refractivity contribution in [2.24, 2.45) is 5.10 Å². The van der Waals surface area contributed by atoms with Crippen LogP contribution in [0.1, 0.15) is 11.1 Å². The molecule has 5 rings (SSSR count). The second-order valence-electron chi connectivity index (χ2n) is 7.31. The van der Waals surface area contributed by atoms with Crippen LogP contribution in [0.2, 0.25) is 0 Å². The molecule has 0 bridgehead atoms. The fourth-order valence-electron chi connectivity index (χ4n) is 3.63. The molecule has 0 aliphatic carbocycles. The molecule has 1 aromatic heterocycles. The lowest BCUT2D eigenvalue weighted by Gasteiger charge is -2.12. The number of H-pyrrole nitrogens is 1. The Morgan fingerprint density at radius 3 is 2.69 bits per heavy atom. The molecule has 0 aliphatic heterocycles. The fraction of sp³-hybridized carbons (Fsp3) is 0.0769. The number of aromatic nitrogens is 2. The molecule has 0 amide bonds. The predicted molar refractivity (Wildman–Crippen MR) is 129 cm³/mol. The van der Waals surface area contributed by atoms with Gasteiger partial charge in [0, 0.05) is 0 Å². The summed E-state index contributed by atoms with van der Waals surface area (Å²) in [7, 11) is 1.63. The Bertz CT molecular complexity index is 1370. The lowest BCUT2D eigenvalue weighted by atomic mass is 10.1. The number of fused-ring (bicyclic) bond motifs is 2. The normalized spacial score (nSPS) is 11.3. The Labute approximate surface area is 185 Å². The first-order chi connectivity index (χ1) is 15.8. The van der Waals surface area contributed by atoms with E-state index in [0.29, 0.717) is 24.1 Å². The zero-order valence-corrected chi connectivity index (χ0v) is 17.6. The van der Waals surface area contributed by atoms with Crippen LogP contribution in [0.3, 0.4) is 0 Å². The smallest absolute Gasteiger partial charge is 0.222 e. The maximum atomic E-state index is 6.08. The van der Waals surface area contributed by atoms with E-state index in [0.717, 1.165) is 22.2 Å². The summed E-state index contributed by atoms with van der Waals surface area (Å²) in [6.45, 7) is 0.457. The third-order valence-corrected chi connectivity index (χ3v) is 5.22. The summed E-state index contributed by atoms with van der Waals surface area (Å²) in [6.07, 6.45) is 1.71. The first kappa shape index (κ1) is 19.6. The van der Waals surface area contributed by atoms with Gasteiger partial charge in [-0.1, -0.05) is 54.6 Å². The Balaban J connectivity index is 1.28. The van der Waals surface area contributed by atoms with Crippen molar-refractivity contribution in [2.45, 2.75) is 6.61 Å². The highest BCUT2D eigenvalue weighted by atomic mass is 16.5. The van der Waals surface area contributed by atoms with Crippen LogP contribution in [0.4, 0.5) is 5.95 Å². The van der Waals surface area contributed by atoms with Crippen LogP contribution in [0, 0.1) is 0 Å². The molecule has 0 atom stereocenters. The van der Waals surface area contributed by atoms with E-state index >= 15 is 0 Å². The number of nitrogens with one attached hydrogen (secondary N) is 2. The second-order valence-corrected chi connectivity index (χ2v) is 7.31. The van der Waals surface area contributed by atoms with Crippen LogP contribution in [0.5, 0.6) is 11.5 Å². The van der Waals surface area contributed by atoms with Crippen molar-refractivity contribution in [2.75, 3.05) is 12.5 Å². The highest BCUT2D eigenvalue weighted by Crippen LogP contribution is 2.29. The minimum absolute atomic E-state index is 0.457. The molecule has 6 heteroatoms. The molecule has 4 aromatic carbocycles. The van der Waals surface area contributed by atoms with Crippen molar-refractivity contribution in [3.05, 3.63) is 96.1 Å². The molecular weight excluding hydrogens is 400 g/mol. The summed E-state index contributed by atoms with van der Waals surface area (Å²) in [5.41, 5.74) is 6.78. The lowest BCUT2D eigenvalue weighted by Crippen LogP contribution is -1.99. The largest absolute Gasteiger partial charge is 0.493 e. The van der Waals surface area contributed by atoms with Gasteiger partial charge in [-0.05, 0) is 52.2 Å². The molecule has 0 radical (unpaired) electrons. The number of hydrogen-bond donors (Lipinski definition) is 2. The van der Waals surface area contributed by atoms with Gasteiger partial charge in [-0.2, -0.15) is 5.10 Å². The van der Waals surface area contributed by atoms with Gasteiger partial charge in [0.25, 0.3) is 0 Å². The van der Waals surface area contributed by atoms with E-state index in [2.05, 4.69) is 44.8 Å². The van der Waals surface area contributed by atoms with E-state index < -0.39 is 0 Å². The maximum absolute atomic E-state index is 6.08. The number of rotatable bonds is 7. The van der Waals surface area contributed by atoms with Crippen LogP contribution in [-0.2, 0) is 6.61 Å². The maximum Gasteiger partial charge on any atom is 0.222 e. The number of nitrogens with zero attached hydrogens (tertiary/aromatic N) is 2. The second kappa shape index (κ2) is 8.81. The lowest BCUT2D eigenvalue weighted by molar-refractivity contribution is 0.285. The highest BCUT2D eigenvalue weighted by molar-refractivity contribution is 5.85. The van der Waals surface area contributed by atoms with Gasteiger partial charge in [-0.25, -0.2) is 10.4 Å². The van der Waals surface area contributed by atoms with Crippen molar-refractivity contribution >= 4 is 34.0 Å². The Hall–Kier alpha value is -4.32. The Morgan fingerprint density at radius 1 is 0.938 bits per heavy atom. The average molecular weight is 422 g/mol. The van der Waals surface area contributed by atoms with Crippen molar-refractivity contribution in [1.29, 1.82) is 0 Å². The van der Waals surface area contributed by atoms with E-state index in [4.69, 9.17) is 9.47 Å². The first-order valence-electron chi connectivity index (χ1n) is 10.3. The summed E-state index contributed by atoms with van der Waals surface area (Å²) in [6, 6.07) is 28.1. The molecule has 0 fully saturated rings. The van der Waals surface area contributed by atoms with E-state index in [1.54, 1.807) is 13.3 Å². The molecule has 0 saturated heterocycles. The topological polar surface area (TPSA) is 71.5 Å². The van der Waals surface area contributed by atoms with E-state index in [1.165, 1.54) is 10.8 Å². The van der Waals surface area contributed by atoms with Crippen LogP contribution in [0.25, 0.3) is 21.8 Å². The molecule has 0 aliphatic rings. The van der Waals surface area contributed by atoms with Crippen LogP contribution < -0.4 is 14.9 Å². The minimum Gasteiger partial charge on any atom is -0.493 e. The summed E-state index contributed by atoms with van der Waals surface area (Å²) in [5, 5.41) is 6.66. The van der Waals surface area contributed by atoms with Crippen molar-refractivity contribution in [1.82, 2.24) is 9.97 Å². The van der Waals surface area contributed by atoms with Crippen LogP contribution >= 0.6 is 0 Å². The molecule has 32 heavy (non-hydrogen) atoms. The number of methoxy groups -OCH3 is 1. The van der Waals surface area contributed by atoms with Gasteiger partial charge in [-0.3, -0.25) is 0 Å². The zero-order valence-electron chi connectivity index (χ0n) is 17.6. The highest BCUT2D eigenvalue weighted by Gasteiger charge is 2.07. The minimum atomic E-state index is 0.457. The van der Waals surface area contributed by atoms with Gasteiger partial charge in [0.15, 0.2) is 11.5 Å². The Kier molecular flexibility index (Phi) is 5.41. The number of ether oxygens (including phenoxy) is 2. The SMILES string of the molecule is COc1cc(/C=N\Nc2nc3ccccc3[nH]2)ccc1OCc1cccc2ccccc12. The molecule has 158 valence electrons. The molecule has 0 saturated carbocycles. The van der Waals surface area contributed by atoms with Gasteiger partial charge in [0.05, 0.1) is 24.4 Å². The van der Waals surface area contributed by atoms with Gasteiger partial charge < -0.3 is 14.5 Å². The zero-order chi connectivity index (χ0) is 21.8. The number of hydrazone groups is 1. The fourth-order valence-corrected chi connectivity index (χ4v) is 3.63. The monoisotopic (exact) mass is 422 g/mol. The molecule has 2 N–H and O–H groups in total. The number of hydrogen-bond acceptors (Lipinski definition) is 5. The number of benzene rings is 4. The summed E-state index contributed by atoms with van der Waals surface area (Å²) >= 11 is 0. The number of para-hydroxylation sites is 2. The van der Waals surface area contributed by atoms with E-state index in [9.17, 15) is 0 Å². The molecule has 0 spiro atoms. The van der Waals surface area contributed by atoms with Gasteiger partial charge in [-0.15, -0.1) is 0 Å². The quantitative estimate of drug-likeness (QED) is 0.259. The number of aromatic amines is 1. The van der Waals surface area contributed by atoms with Crippen LogP contribution in [-0.4, -0.2) is 23.3 Å². The van der Waals surface area contributed by atoms with Crippen molar-refractivity contribution < 1.29 is 9.47 Å². The molecular formula is C26H22N4O2. The molecule has 5 aromatic rings. The van der Waals surface area contributed by atoms with Crippen molar-refractivity contribution in [3.8, 4) is 11.5 Å². The molecule has 6 nitrogen and oxygen atoms in total. The van der Waals surface area contributed by atoms with E-state index in [-0.39, 0.29) is 0 Å². The molecule has 1 heterocycles. The van der Waals surface area contributed by atoms with Gasteiger partial charge in [0.2, 0.25) is 5.95 Å². The third-order valence-electron chi connectivity index (χ3n) is 5.22. The van der Waals surface area contributed by atoms with Gasteiger partial charge >= 0.3 is 0 Å². The van der Waals surface area contributed by atoms with Crippen molar-refractivity contribution in [3.63, 3.8) is 0 Å². The summed E-state index contributed by atoms with van der Waals surface area (Å²) in [5.74, 6) is 1.92. The number of imidazole rings is 1. The molecule has 0 unspecified atom stereocenters. The van der Waals surface area contributed by atoms with Crippen LogP contribution in [0.15, 0.2) is 90.0 Å².